The van der Waals surface area contributed by atoms with Crippen LogP contribution in [0.2, 0.25) is 0 Å². The summed E-state index contributed by atoms with van der Waals surface area (Å²) in [5.41, 5.74) is 5.98. The quantitative estimate of drug-likeness (QED) is 0.806. The van der Waals surface area contributed by atoms with Gasteiger partial charge >= 0.3 is 0 Å². The molecule has 1 saturated heterocycles. The van der Waals surface area contributed by atoms with Crippen molar-refractivity contribution in [3.8, 4) is 0 Å². The monoisotopic (exact) mass is 256 g/mol. The van der Waals surface area contributed by atoms with Crippen LogP contribution >= 0.6 is 11.8 Å². The lowest BCUT2D eigenvalue weighted by Gasteiger charge is -2.22. The van der Waals surface area contributed by atoms with Gasteiger partial charge in [0.25, 0.3) is 0 Å². The highest BCUT2D eigenvalue weighted by Gasteiger charge is 2.26. The van der Waals surface area contributed by atoms with Crippen LogP contribution < -0.4 is 11.1 Å². The van der Waals surface area contributed by atoms with Crippen LogP contribution in [0.5, 0.6) is 0 Å². The van der Waals surface area contributed by atoms with Crippen LogP contribution in [0.1, 0.15) is 38.5 Å². The first kappa shape index (κ1) is 13.2. The maximum absolute atomic E-state index is 11.8. The van der Waals surface area contributed by atoms with Crippen LogP contribution in [-0.2, 0) is 4.79 Å². The fourth-order valence-electron chi connectivity index (χ4n) is 2.84. The van der Waals surface area contributed by atoms with Crippen LogP contribution in [-0.4, -0.2) is 30.0 Å². The Balaban J connectivity index is 1.63. The molecule has 0 aromatic carbocycles. The van der Waals surface area contributed by atoms with Gasteiger partial charge in [0.2, 0.25) is 5.91 Å². The summed E-state index contributed by atoms with van der Waals surface area (Å²) in [6.07, 6.45) is 6.58. The molecule has 3 nitrogen and oxygen atoms in total. The third-order valence-electron chi connectivity index (χ3n) is 4.09. The van der Waals surface area contributed by atoms with Crippen LogP contribution in [0, 0.1) is 11.8 Å². The number of nitrogens with two attached hydrogens (primary N) is 1. The molecule has 17 heavy (non-hydrogen) atoms. The molecule has 1 aliphatic carbocycles. The van der Waals surface area contributed by atoms with E-state index in [-0.39, 0.29) is 11.9 Å². The molecule has 2 atom stereocenters. The molecule has 3 N–H and O–H groups in total. The van der Waals surface area contributed by atoms with E-state index < -0.39 is 0 Å². The normalized spacial score (nSPS) is 30.4. The Bertz CT molecular complexity index is 254. The molecule has 0 radical (unpaired) electrons. The molecule has 2 fully saturated rings. The summed E-state index contributed by atoms with van der Waals surface area (Å²) in [5, 5.41) is 3.10. The van der Waals surface area contributed by atoms with Crippen LogP contribution in [0.25, 0.3) is 0 Å². The summed E-state index contributed by atoms with van der Waals surface area (Å²) in [5.74, 6) is 3.86. The third-order valence-corrected chi connectivity index (χ3v) is 5.14. The Morgan fingerprint density at radius 3 is 2.65 bits per heavy atom. The number of amides is 1. The maximum atomic E-state index is 11.8. The molecule has 1 heterocycles. The van der Waals surface area contributed by atoms with Crippen LogP contribution in [0.3, 0.4) is 0 Å². The number of thioether (sulfide) groups is 1. The first-order valence-electron chi connectivity index (χ1n) is 6.85. The minimum atomic E-state index is 0.213. The van der Waals surface area contributed by atoms with Crippen molar-refractivity contribution in [1.82, 2.24) is 5.32 Å². The number of carbonyl (C=O) groups excluding carboxylic acids is 1. The molecule has 1 aliphatic heterocycles. The minimum absolute atomic E-state index is 0.213. The average Bonchev–Trinajstić information content (AvgIpc) is 2.74. The summed E-state index contributed by atoms with van der Waals surface area (Å²) in [6, 6.07) is 0.256. The average molecular weight is 256 g/mol. The molecule has 4 heteroatoms. The highest BCUT2D eigenvalue weighted by Crippen LogP contribution is 2.27. The van der Waals surface area contributed by atoms with Gasteiger partial charge in [-0.05, 0) is 49.0 Å². The summed E-state index contributed by atoms with van der Waals surface area (Å²) >= 11 is 2.03. The Morgan fingerprint density at radius 1 is 1.24 bits per heavy atom. The Hall–Kier alpha value is -0.220. The standard InChI is InChI=1S/C13H24N2OS/c14-12-3-1-2-11(12)8-13(16)15-9-10-4-6-17-7-5-10/h10-12H,1-9,14H2,(H,15,16)/t11-,12+/m0/s1. The smallest absolute Gasteiger partial charge is 0.220 e. The van der Waals surface area contributed by atoms with Crippen molar-refractivity contribution >= 4 is 17.7 Å². The lowest BCUT2D eigenvalue weighted by molar-refractivity contribution is -0.122. The number of carbonyl (C=O) groups is 1. The van der Waals surface area contributed by atoms with Crippen molar-refractivity contribution in [2.24, 2.45) is 17.6 Å². The zero-order chi connectivity index (χ0) is 12.1. The largest absolute Gasteiger partial charge is 0.356 e. The second-order valence-corrected chi connectivity index (χ2v) is 6.64. The molecule has 0 spiro atoms. The van der Waals surface area contributed by atoms with Crippen molar-refractivity contribution in [2.45, 2.75) is 44.6 Å². The van der Waals surface area contributed by atoms with E-state index in [1.54, 1.807) is 0 Å². The van der Waals surface area contributed by atoms with Gasteiger partial charge < -0.3 is 11.1 Å². The number of hydrogen-bond acceptors (Lipinski definition) is 3. The van der Waals surface area contributed by atoms with Gasteiger partial charge in [-0.3, -0.25) is 4.79 Å². The Kier molecular flexibility index (Phi) is 5.16. The van der Waals surface area contributed by atoms with Crippen LogP contribution in [0.15, 0.2) is 0 Å². The van der Waals surface area contributed by atoms with Gasteiger partial charge in [-0.2, -0.15) is 11.8 Å². The zero-order valence-electron chi connectivity index (χ0n) is 10.5. The Labute approximate surface area is 108 Å². The summed E-state index contributed by atoms with van der Waals surface area (Å²) in [6.45, 7) is 0.876. The van der Waals surface area contributed by atoms with Gasteiger partial charge in [-0.1, -0.05) is 6.42 Å². The number of nitrogens with one attached hydrogen (secondary N) is 1. The van der Waals surface area contributed by atoms with E-state index in [0.29, 0.717) is 18.3 Å². The fraction of sp³-hybridized carbons (Fsp3) is 0.923. The van der Waals surface area contributed by atoms with Crippen molar-refractivity contribution < 1.29 is 4.79 Å². The molecule has 2 rings (SSSR count). The van der Waals surface area contributed by atoms with Crippen molar-refractivity contribution in [3.63, 3.8) is 0 Å². The van der Waals surface area contributed by atoms with E-state index in [4.69, 9.17) is 5.73 Å². The molecule has 1 amide bonds. The van der Waals surface area contributed by atoms with Crippen molar-refractivity contribution in [1.29, 1.82) is 0 Å². The van der Waals surface area contributed by atoms with Gasteiger partial charge in [0, 0.05) is 19.0 Å². The maximum Gasteiger partial charge on any atom is 0.220 e. The molecule has 0 aromatic rings. The van der Waals surface area contributed by atoms with E-state index in [1.807, 2.05) is 11.8 Å². The number of hydrogen-bond donors (Lipinski definition) is 2. The fourth-order valence-corrected chi connectivity index (χ4v) is 4.04. The Morgan fingerprint density at radius 2 is 2.00 bits per heavy atom. The van der Waals surface area contributed by atoms with Gasteiger partial charge in [0.1, 0.15) is 0 Å². The van der Waals surface area contributed by atoms with E-state index in [2.05, 4.69) is 5.32 Å². The number of rotatable bonds is 4. The van der Waals surface area contributed by atoms with Gasteiger partial charge in [-0.25, -0.2) is 0 Å². The third kappa shape index (κ3) is 4.18. The van der Waals surface area contributed by atoms with Crippen molar-refractivity contribution in [3.05, 3.63) is 0 Å². The molecule has 2 aliphatic rings. The van der Waals surface area contributed by atoms with E-state index in [0.717, 1.165) is 19.4 Å². The second kappa shape index (κ2) is 6.64. The highest BCUT2D eigenvalue weighted by molar-refractivity contribution is 7.99. The predicted molar refractivity (Wildman–Crippen MR) is 73.0 cm³/mol. The molecule has 0 unspecified atom stereocenters. The molecule has 0 aromatic heterocycles. The minimum Gasteiger partial charge on any atom is -0.356 e. The van der Waals surface area contributed by atoms with Crippen molar-refractivity contribution in [2.75, 3.05) is 18.1 Å². The van der Waals surface area contributed by atoms with E-state index in [9.17, 15) is 4.79 Å². The first-order chi connectivity index (χ1) is 8.25. The lowest BCUT2D eigenvalue weighted by atomic mass is 9.99. The summed E-state index contributed by atoms with van der Waals surface area (Å²) < 4.78 is 0. The zero-order valence-corrected chi connectivity index (χ0v) is 11.3. The first-order valence-corrected chi connectivity index (χ1v) is 8.01. The lowest BCUT2D eigenvalue weighted by Crippen LogP contribution is -2.34. The second-order valence-electron chi connectivity index (χ2n) is 5.42. The van der Waals surface area contributed by atoms with Gasteiger partial charge in [0.15, 0.2) is 0 Å². The highest BCUT2D eigenvalue weighted by atomic mass is 32.2. The van der Waals surface area contributed by atoms with E-state index in [1.165, 1.54) is 30.8 Å². The molecule has 98 valence electrons. The summed E-state index contributed by atoms with van der Waals surface area (Å²) in [7, 11) is 0. The molecule has 0 bridgehead atoms. The predicted octanol–water partition coefficient (Wildman–Crippen LogP) is 1.76. The van der Waals surface area contributed by atoms with E-state index >= 15 is 0 Å². The topological polar surface area (TPSA) is 55.1 Å². The van der Waals surface area contributed by atoms with Gasteiger partial charge in [-0.15, -0.1) is 0 Å². The molecular weight excluding hydrogens is 232 g/mol. The molecular formula is C13H24N2OS. The summed E-state index contributed by atoms with van der Waals surface area (Å²) in [4.78, 5) is 11.8. The van der Waals surface area contributed by atoms with Crippen LogP contribution in [0.4, 0.5) is 0 Å². The SMILES string of the molecule is N[C@@H]1CCC[C@H]1CC(=O)NCC1CCSCC1. The van der Waals surface area contributed by atoms with Gasteiger partial charge in [0.05, 0.1) is 0 Å². The molecule has 1 saturated carbocycles.